The molecule has 1 aromatic heterocycles. The number of nitrogens with zero attached hydrogens (tertiary/aromatic N) is 3. The molecule has 3 rings (SSSR count). The van der Waals surface area contributed by atoms with Crippen LogP contribution in [0.4, 0.5) is 31.7 Å². The highest BCUT2D eigenvalue weighted by atomic mass is 19.1. The van der Waals surface area contributed by atoms with Crippen LogP contribution in [-0.2, 0) is 0 Å². The van der Waals surface area contributed by atoms with Gasteiger partial charge in [-0.3, -0.25) is 4.79 Å². The first kappa shape index (κ1) is 20.2. The van der Waals surface area contributed by atoms with Crippen molar-refractivity contribution in [3.8, 4) is 0 Å². The van der Waals surface area contributed by atoms with E-state index in [9.17, 15) is 13.6 Å². The number of rotatable bonds is 7. The molecule has 29 heavy (non-hydrogen) atoms. The Morgan fingerprint density at radius 1 is 1.00 bits per heavy atom. The van der Waals surface area contributed by atoms with Crippen molar-refractivity contribution in [1.29, 1.82) is 0 Å². The van der Waals surface area contributed by atoms with E-state index >= 15 is 0 Å². The molecule has 0 bridgehead atoms. The number of carbonyl (C=O) groups excluding carboxylic acids is 1. The van der Waals surface area contributed by atoms with Gasteiger partial charge in [0.2, 0.25) is 0 Å². The van der Waals surface area contributed by atoms with Gasteiger partial charge in [0.15, 0.2) is 0 Å². The predicted molar refractivity (Wildman–Crippen MR) is 110 cm³/mol. The number of aromatic nitrogens is 2. The van der Waals surface area contributed by atoms with Gasteiger partial charge in [0, 0.05) is 30.5 Å². The maximum atomic E-state index is 13.7. The summed E-state index contributed by atoms with van der Waals surface area (Å²) >= 11 is 0. The van der Waals surface area contributed by atoms with Crippen molar-refractivity contribution in [2.75, 3.05) is 28.6 Å². The summed E-state index contributed by atoms with van der Waals surface area (Å²) in [5.41, 5.74) is 1.84. The van der Waals surface area contributed by atoms with Crippen LogP contribution in [-0.4, -0.2) is 29.0 Å². The number of amides is 1. The highest BCUT2D eigenvalue weighted by molar-refractivity contribution is 6.02. The average Bonchev–Trinajstić information content (AvgIpc) is 2.73. The summed E-state index contributed by atoms with van der Waals surface area (Å²) < 4.78 is 26.6. The zero-order chi connectivity index (χ0) is 20.8. The Morgan fingerprint density at radius 2 is 1.72 bits per heavy atom. The molecule has 3 aromatic rings. The standard InChI is InChI=1S/C21H21F2N5O/c1-3-28(4-2)16-8-6-15(7-9-16)26-20-13-24-19(12-25-20)21(29)27-18-10-5-14(22)11-17(18)23/h5-13H,3-4H2,1-2H3,(H,25,26)(H,27,29). The molecule has 0 aliphatic carbocycles. The zero-order valence-electron chi connectivity index (χ0n) is 16.1. The molecule has 1 amide bonds. The Balaban J connectivity index is 1.64. The van der Waals surface area contributed by atoms with Gasteiger partial charge in [0.1, 0.15) is 23.1 Å². The monoisotopic (exact) mass is 397 g/mol. The lowest BCUT2D eigenvalue weighted by atomic mass is 10.2. The lowest BCUT2D eigenvalue weighted by molar-refractivity contribution is 0.102. The molecular weight excluding hydrogens is 376 g/mol. The van der Waals surface area contributed by atoms with E-state index in [4.69, 9.17) is 0 Å². The molecule has 0 saturated carbocycles. The van der Waals surface area contributed by atoms with Crippen LogP contribution < -0.4 is 15.5 Å². The lowest BCUT2D eigenvalue weighted by Crippen LogP contribution is -2.21. The summed E-state index contributed by atoms with van der Waals surface area (Å²) in [4.78, 5) is 22.6. The smallest absolute Gasteiger partial charge is 0.275 e. The second kappa shape index (κ2) is 9.09. The van der Waals surface area contributed by atoms with Crippen LogP contribution in [0.1, 0.15) is 24.3 Å². The van der Waals surface area contributed by atoms with E-state index in [2.05, 4.69) is 39.3 Å². The van der Waals surface area contributed by atoms with Crippen LogP contribution in [0.15, 0.2) is 54.9 Å². The van der Waals surface area contributed by atoms with E-state index < -0.39 is 17.5 Å². The molecule has 8 heteroatoms. The number of hydrogen-bond donors (Lipinski definition) is 2. The predicted octanol–water partition coefficient (Wildman–Crippen LogP) is 4.60. The Labute approximate surface area is 167 Å². The fourth-order valence-electron chi connectivity index (χ4n) is 2.78. The second-order valence-electron chi connectivity index (χ2n) is 6.21. The van der Waals surface area contributed by atoms with Crippen LogP contribution in [0, 0.1) is 11.6 Å². The van der Waals surface area contributed by atoms with Gasteiger partial charge < -0.3 is 15.5 Å². The van der Waals surface area contributed by atoms with Crippen molar-refractivity contribution in [3.63, 3.8) is 0 Å². The molecule has 0 spiro atoms. The highest BCUT2D eigenvalue weighted by Gasteiger charge is 2.12. The minimum Gasteiger partial charge on any atom is -0.372 e. The molecule has 0 atom stereocenters. The Bertz CT molecular complexity index is 973. The van der Waals surface area contributed by atoms with Crippen LogP contribution in [0.5, 0.6) is 0 Å². The number of nitrogens with one attached hydrogen (secondary N) is 2. The van der Waals surface area contributed by atoms with Gasteiger partial charge in [-0.05, 0) is 50.2 Å². The van der Waals surface area contributed by atoms with Gasteiger partial charge in [-0.1, -0.05) is 0 Å². The summed E-state index contributed by atoms with van der Waals surface area (Å²) in [6, 6.07) is 10.8. The number of benzene rings is 2. The quantitative estimate of drug-likeness (QED) is 0.610. The molecule has 0 radical (unpaired) electrons. The Morgan fingerprint density at radius 3 is 2.31 bits per heavy atom. The third-order valence-corrected chi connectivity index (χ3v) is 4.33. The van der Waals surface area contributed by atoms with E-state index in [1.54, 1.807) is 0 Å². The van der Waals surface area contributed by atoms with Gasteiger partial charge in [-0.15, -0.1) is 0 Å². The molecule has 2 aromatic carbocycles. The zero-order valence-corrected chi connectivity index (χ0v) is 16.1. The third kappa shape index (κ3) is 5.04. The molecule has 6 nitrogen and oxygen atoms in total. The Kier molecular flexibility index (Phi) is 6.33. The summed E-state index contributed by atoms with van der Waals surface area (Å²) in [6.07, 6.45) is 2.69. The molecule has 2 N–H and O–H groups in total. The van der Waals surface area contributed by atoms with E-state index in [0.717, 1.165) is 36.6 Å². The fourth-order valence-corrected chi connectivity index (χ4v) is 2.78. The number of anilines is 4. The molecule has 0 aliphatic rings. The molecule has 0 aliphatic heterocycles. The minimum atomic E-state index is -0.863. The summed E-state index contributed by atoms with van der Waals surface area (Å²) in [5, 5.41) is 5.45. The Hall–Kier alpha value is -3.55. The molecule has 150 valence electrons. The minimum absolute atomic E-state index is 0.0103. The highest BCUT2D eigenvalue weighted by Crippen LogP contribution is 2.20. The third-order valence-electron chi connectivity index (χ3n) is 4.33. The maximum Gasteiger partial charge on any atom is 0.275 e. The van der Waals surface area contributed by atoms with Crippen molar-refractivity contribution >= 4 is 28.8 Å². The number of carbonyl (C=O) groups is 1. The van der Waals surface area contributed by atoms with Gasteiger partial charge in [-0.2, -0.15) is 0 Å². The van der Waals surface area contributed by atoms with Gasteiger partial charge >= 0.3 is 0 Å². The molecule has 0 saturated heterocycles. The first-order valence-corrected chi connectivity index (χ1v) is 9.20. The SMILES string of the molecule is CCN(CC)c1ccc(Nc2cnc(C(=O)Nc3ccc(F)cc3F)cn2)cc1. The summed E-state index contributed by atoms with van der Waals surface area (Å²) in [5.74, 6) is -1.76. The van der Waals surface area contributed by atoms with Gasteiger partial charge in [0.25, 0.3) is 5.91 Å². The van der Waals surface area contributed by atoms with E-state index in [0.29, 0.717) is 11.9 Å². The van der Waals surface area contributed by atoms with Crippen LogP contribution >= 0.6 is 0 Å². The molecule has 1 heterocycles. The largest absolute Gasteiger partial charge is 0.372 e. The van der Waals surface area contributed by atoms with Crippen molar-refractivity contribution in [1.82, 2.24) is 9.97 Å². The maximum absolute atomic E-state index is 13.7. The van der Waals surface area contributed by atoms with Crippen LogP contribution in [0.3, 0.4) is 0 Å². The van der Waals surface area contributed by atoms with Crippen molar-refractivity contribution < 1.29 is 13.6 Å². The summed E-state index contributed by atoms with van der Waals surface area (Å²) in [7, 11) is 0. The van der Waals surface area contributed by atoms with E-state index in [1.807, 2.05) is 24.3 Å². The number of halogens is 2. The summed E-state index contributed by atoms with van der Waals surface area (Å²) in [6.45, 7) is 6.07. The van der Waals surface area contributed by atoms with Crippen LogP contribution in [0.25, 0.3) is 0 Å². The topological polar surface area (TPSA) is 70.2 Å². The van der Waals surface area contributed by atoms with Crippen LogP contribution in [0.2, 0.25) is 0 Å². The van der Waals surface area contributed by atoms with Gasteiger partial charge in [-0.25, -0.2) is 18.7 Å². The molecule has 0 fully saturated rings. The van der Waals surface area contributed by atoms with Crippen molar-refractivity contribution in [2.24, 2.45) is 0 Å². The van der Waals surface area contributed by atoms with E-state index in [1.165, 1.54) is 12.4 Å². The number of hydrogen-bond acceptors (Lipinski definition) is 5. The first-order chi connectivity index (χ1) is 14.0. The van der Waals surface area contributed by atoms with Crippen molar-refractivity contribution in [3.05, 3.63) is 72.2 Å². The second-order valence-corrected chi connectivity index (χ2v) is 6.21. The fraction of sp³-hybridized carbons (Fsp3) is 0.190. The van der Waals surface area contributed by atoms with E-state index in [-0.39, 0.29) is 11.4 Å². The first-order valence-electron chi connectivity index (χ1n) is 9.20. The van der Waals surface area contributed by atoms with Crippen molar-refractivity contribution in [2.45, 2.75) is 13.8 Å². The lowest BCUT2D eigenvalue weighted by Gasteiger charge is -2.21. The molecular formula is C21H21F2N5O. The molecule has 0 unspecified atom stereocenters. The normalized spacial score (nSPS) is 10.5. The average molecular weight is 397 g/mol. The van der Waals surface area contributed by atoms with Gasteiger partial charge in [0.05, 0.1) is 18.1 Å².